The zero-order valence-electron chi connectivity index (χ0n) is 9.60. The van der Waals surface area contributed by atoms with Crippen LogP contribution in [-0.4, -0.2) is 13.1 Å². The van der Waals surface area contributed by atoms with Crippen molar-refractivity contribution in [2.24, 2.45) is 11.8 Å². The quantitative estimate of drug-likeness (QED) is 0.666. The van der Waals surface area contributed by atoms with Gasteiger partial charge in [0.15, 0.2) is 0 Å². The number of hydrogen-bond donors (Lipinski definition) is 1. The van der Waals surface area contributed by atoms with E-state index < -0.39 is 0 Å². The summed E-state index contributed by atoms with van der Waals surface area (Å²) >= 11 is 0. The third-order valence-electron chi connectivity index (χ3n) is 4.45. The Morgan fingerprint density at radius 2 is 1.50 bits per heavy atom. The lowest BCUT2D eigenvalue weighted by atomic mass is 9.85. The first-order valence-corrected chi connectivity index (χ1v) is 6.57. The van der Waals surface area contributed by atoms with Crippen LogP contribution < -0.4 is 5.32 Å². The lowest BCUT2D eigenvalue weighted by molar-refractivity contribution is 0.298. The van der Waals surface area contributed by atoms with E-state index in [0.717, 1.165) is 17.9 Å². The fourth-order valence-corrected chi connectivity index (χ4v) is 3.49. The Morgan fingerprint density at radius 3 is 2.07 bits per heavy atom. The van der Waals surface area contributed by atoms with Crippen LogP contribution in [0.1, 0.15) is 57.8 Å². The van der Waals surface area contributed by atoms with Crippen LogP contribution in [0.15, 0.2) is 0 Å². The van der Waals surface area contributed by atoms with Crippen LogP contribution in [0.4, 0.5) is 0 Å². The van der Waals surface area contributed by atoms with Crippen molar-refractivity contribution < 1.29 is 0 Å². The van der Waals surface area contributed by atoms with Crippen molar-refractivity contribution >= 4 is 0 Å². The highest BCUT2D eigenvalue weighted by Gasteiger charge is 2.29. The predicted molar refractivity (Wildman–Crippen MR) is 61.4 cm³/mol. The zero-order chi connectivity index (χ0) is 9.80. The number of hydrogen-bond acceptors (Lipinski definition) is 1. The lowest BCUT2D eigenvalue weighted by Gasteiger charge is -2.21. The van der Waals surface area contributed by atoms with E-state index in [0.29, 0.717) is 0 Å². The highest BCUT2D eigenvalue weighted by Crippen LogP contribution is 2.38. The van der Waals surface area contributed by atoms with E-state index in [1.807, 2.05) is 0 Å². The molecule has 0 aromatic carbocycles. The fraction of sp³-hybridized carbons (Fsp3) is 1.00. The summed E-state index contributed by atoms with van der Waals surface area (Å²) in [5.41, 5.74) is 0. The second kappa shape index (κ2) is 5.16. The maximum atomic E-state index is 3.45. The van der Waals surface area contributed by atoms with Gasteiger partial charge in [-0.3, -0.25) is 0 Å². The Morgan fingerprint density at radius 1 is 0.786 bits per heavy atom. The van der Waals surface area contributed by atoms with E-state index in [4.69, 9.17) is 0 Å². The Hall–Kier alpha value is -0.0400. The smallest absolute Gasteiger partial charge is 0.00669 e. The van der Waals surface area contributed by atoms with Gasteiger partial charge in [0.25, 0.3) is 0 Å². The average molecular weight is 195 g/mol. The molecule has 1 heteroatoms. The summed E-state index contributed by atoms with van der Waals surface area (Å²) < 4.78 is 0. The van der Waals surface area contributed by atoms with E-state index in [1.165, 1.54) is 57.8 Å². The van der Waals surface area contributed by atoms with E-state index in [2.05, 4.69) is 12.4 Å². The standard InChI is InChI=1S/C13H25N/c1-14-13-9-8-12(10-13)11-6-4-2-3-5-7-11/h11-14H,2-10H2,1H3. The Labute approximate surface area is 88.7 Å². The normalized spacial score (nSPS) is 35.8. The molecule has 0 amide bonds. The molecule has 0 radical (unpaired) electrons. The molecule has 1 nitrogen and oxygen atoms in total. The van der Waals surface area contributed by atoms with Crippen molar-refractivity contribution in [1.29, 1.82) is 0 Å². The molecular weight excluding hydrogens is 170 g/mol. The van der Waals surface area contributed by atoms with Crippen molar-refractivity contribution in [3.05, 3.63) is 0 Å². The average Bonchev–Trinajstić information content (AvgIpc) is 2.53. The molecule has 0 bridgehead atoms. The minimum absolute atomic E-state index is 0.836. The van der Waals surface area contributed by atoms with Crippen molar-refractivity contribution in [3.8, 4) is 0 Å². The Balaban J connectivity index is 1.82. The van der Waals surface area contributed by atoms with Gasteiger partial charge in [0, 0.05) is 6.04 Å². The van der Waals surface area contributed by atoms with Crippen LogP contribution in [-0.2, 0) is 0 Å². The first-order valence-electron chi connectivity index (χ1n) is 6.57. The Kier molecular flexibility index (Phi) is 3.86. The molecule has 2 aliphatic carbocycles. The van der Waals surface area contributed by atoms with E-state index in [-0.39, 0.29) is 0 Å². The van der Waals surface area contributed by atoms with Crippen LogP contribution in [0.3, 0.4) is 0 Å². The zero-order valence-corrected chi connectivity index (χ0v) is 9.60. The molecule has 2 rings (SSSR count). The molecule has 82 valence electrons. The first kappa shape index (κ1) is 10.5. The molecule has 0 heterocycles. The minimum atomic E-state index is 0.836. The van der Waals surface area contributed by atoms with Crippen molar-refractivity contribution in [2.75, 3.05) is 7.05 Å². The molecule has 2 fully saturated rings. The van der Waals surface area contributed by atoms with Crippen molar-refractivity contribution in [2.45, 2.75) is 63.8 Å². The molecule has 0 saturated heterocycles. The molecule has 2 atom stereocenters. The van der Waals surface area contributed by atoms with Gasteiger partial charge < -0.3 is 5.32 Å². The largest absolute Gasteiger partial charge is 0.317 e. The van der Waals surface area contributed by atoms with Crippen LogP contribution in [0.5, 0.6) is 0 Å². The van der Waals surface area contributed by atoms with Crippen LogP contribution in [0, 0.1) is 11.8 Å². The second-order valence-corrected chi connectivity index (χ2v) is 5.31. The van der Waals surface area contributed by atoms with Crippen LogP contribution in [0.2, 0.25) is 0 Å². The maximum absolute atomic E-state index is 3.45. The highest BCUT2D eigenvalue weighted by molar-refractivity contribution is 4.84. The second-order valence-electron chi connectivity index (χ2n) is 5.31. The van der Waals surface area contributed by atoms with Gasteiger partial charge in [-0.25, -0.2) is 0 Å². The summed E-state index contributed by atoms with van der Waals surface area (Å²) in [7, 11) is 2.13. The molecule has 2 saturated carbocycles. The van der Waals surface area contributed by atoms with E-state index in [9.17, 15) is 0 Å². The lowest BCUT2D eigenvalue weighted by Crippen LogP contribution is -2.22. The molecule has 0 spiro atoms. The molecule has 2 aliphatic rings. The van der Waals surface area contributed by atoms with Gasteiger partial charge in [-0.15, -0.1) is 0 Å². The minimum Gasteiger partial charge on any atom is -0.317 e. The van der Waals surface area contributed by atoms with Crippen molar-refractivity contribution in [3.63, 3.8) is 0 Å². The fourth-order valence-electron chi connectivity index (χ4n) is 3.49. The first-order chi connectivity index (χ1) is 6.90. The third kappa shape index (κ3) is 2.50. The molecule has 2 unspecified atom stereocenters. The summed E-state index contributed by atoms with van der Waals surface area (Å²) in [4.78, 5) is 0. The monoisotopic (exact) mass is 195 g/mol. The summed E-state index contributed by atoms with van der Waals surface area (Å²) in [6, 6.07) is 0.836. The topological polar surface area (TPSA) is 12.0 Å². The molecule has 0 aromatic heterocycles. The van der Waals surface area contributed by atoms with Gasteiger partial charge in [0.2, 0.25) is 0 Å². The number of rotatable bonds is 2. The molecule has 14 heavy (non-hydrogen) atoms. The van der Waals surface area contributed by atoms with Gasteiger partial charge in [0.05, 0.1) is 0 Å². The predicted octanol–water partition coefficient (Wildman–Crippen LogP) is 3.34. The summed E-state index contributed by atoms with van der Waals surface area (Å²) in [6.45, 7) is 0. The molecule has 1 N–H and O–H groups in total. The van der Waals surface area contributed by atoms with Gasteiger partial charge in [-0.05, 0) is 38.1 Å². The number of nitrogens with one attached hydrogen (secondary N) is 1. The molecule has 0 aliphatic heterocycles. The SMILES string of the molecule is CNC1CCC(C2CCCCCC2)C1. The van der Waals surface area contributed by atoms with E-state index >= 15 is 0 Å². The summed E-state index contributed by atoms with van der Waals surface area (Å²) in [6.07, 6.45) is 13.4. The van der Waals surface area contributed by atoms with Crippen LogP contribution >= 0.6 is 0 Å². The Bertz CT molecular complexity index is 159. The summed E-state index contributed by atoms with van der Waals surface area (Å²) in [5.74, 6) is 2.14. The van der Waals surface area contributed by atoms with Gasteiger partial charge >= 0.3 is 0 Å². The third-order valence-corrected chi connectivity index (χ3v) is 4.45. The van der Waals surface area contributed by atoms with Crippen molar-refractivity contribution in [1.82, 2.24) is 5.32 Å². The maximum Gasteiger partial charge on any atom is 0.00669 e. The summed E-state index contributed by atoms with van der Waals surface area (Å²) in [5, 5.41) is 3.45. The van der Waals surface area contributed by atoms with Gasteiger partial charge in [-0.1, -0.05) is 38.5 Å². The van der Waals surface area contributed by atoms with Crippen LogP contribution in [0.25, 0.3) is 0 Å². The molecular formula is C13H25N. The van der Waals surface area contributed by atoms with Gasteiger partial charge in [-0.2, -0.15) is 0 Å². The van der Waals surface area contributed by atoms with Gasteiger partial charge in [0.1, 0.15) is 0 Å². The van der Waals surface area contributed by atoms with E-state index in [1.54, 1.807) is 0 Å². The molecule has 0 aromatic rings. The highest BCUT2D eigenvalue weighted by atomic mass is 14.9.